The third-order valence-electron chi connectivity index (χ3n) is 3.19. The minimum absolute atomic E-state index is 0.0645. The first-order chi connectivity index (χ1) is 11.1. The van der Waals surface area contributed by atoms with Gasteiger partial charge in [0.15, 0.2) is 0 Å². The lowest BCUT2D eigenvalue weighted by molar-refractivity contribution is 0.168. The number of aliphatic hydroxyl groups excluding tert-OH is 1. The molecule has 2 rings (SSSR count). The van der Waals surface area contributed by atoms with Gasteiger partial charge in [0, 0.05) is 43.7 Å². The SMILES string of the molecule is O=C(NCCCn1cccn1)NC[C@H](O)c1ccc(F)cc1F. The number of aliphatic hydroxyl groups is 1. The molecule has 1 aromatic carbocycles. The molecule has 6 nitrogen and oxygen atoms in total. The number of carbonyl (C=O) groups is 1. The van der Waals surface area contributed by atoms with Crippen LogP contribution in [0.3, 0.4) is 0 Å². The van der Waals surface area contributed by atoms with Crippen LogP contribution in [0, 0.1) is 11.6 Å². The second kappa shape index (κ2) is 8.23. The van der Waals surface area contributed by atoms with E-state index in [-0.39, 0.29) is 12.1 Å². The standard InChI is InChI=1S/C15H18F2N4O2/c16-11-3-4-12(13(17)9-11)14(22)10-19-15(23)18-5-1-7-21-8-2-6-20-21/h2-4,6,8-9,14,22H,1,5,7,10H2,(H2,18,19,23)/t14-/m0/s1. The molecule has 2 aromatic rings. The Balaban J connectivity index is 1.67. The number of amides is 2. The van der Waals surface area contributed by atoms with Crippen molar-refractivity contribution in [3.8, 4) is 0 Å². The lowest BCUT2D eigenvalue weighted by Gasteiger charge is -2.13. The molecule has 0 bridgehead atoms. The highest BCUT2D eigenvalue weighted by Crippen LogP contribution is 2.17. The summed E-state index contributed by atoms with van der Waals surface area (Å²) in [6.45, 7) is 0.941. The van der Waals surface area contributed by atoms with Crippen LogP contribution >= 0.6 is 0 Å². The second-order valence-corrected chi connectivity index (χ2v) is 4.94. The summed E-state index contributed by atoms with van der Waals surface area (Å²) in [6.07, 6.45) is 2.96. The zero-order chi connectivity index (χ0) is 16.7. The fourth-order valence-corrected chi connectivity index (χ4v) is 2.01. The number of aryl methyl sites for hydroxylation is 1. The number of aromatic nitrogens is 2. The van der Waals surface area contributed by atoms with Gasteiger partial charge in [0.25, 0.3) is 0 Å². The number of benzene rings is 1. The maximum atomic E-state index is 13.5. The molecule has 0 saturated carbocycles. The summed E-state index contributed by atoms with van der Waals surface area (Å²) < 4.78 is 28.0. The Kier molecular flexibility index (Phi) is 6.04. The van der Waals surface area contributed by atoms with E-state index >= 15 is 0 Å². The molecule has 0 spiro atoms. The fraction of sp³-hybridized carbons (Fsp3) is 0.333. The van der Waals surface area contributed by atoms with Crippen molar-refractivity contribution >= 4 is 6.03 Å². The molecular weight excluding hydrogens is 306 g/mol. The number of nitrogens with one attached hydrogen (secondary N) is 2. The van der Waals surface area contributed by atoms with Crippen LogP contribution in [0.5, 0.6) is 0 Å². The number of rotatable bonds is 7. The average Bonchev–Trinajstić information content (AvgIpc) is 3.02. The molecule has 0 radical (unpaired) electrons. The van der Waals surface area contributed by atoms with Crippen LogP contribution < -0.4 is 10.6 Å². The van der Waals surface area contributed by atoms with E-state index in [9.17, 15) is 18.7 Å². The van der Waals surface area contributed by atoms with Crippen molar-refractivity contribution < 1.29 is 18.7 Å². The lowest BCUT2D eigenvalue weighted by atomic mass is 10.1. The lowest BCUT2D eigenvalue weighted by Crippen LogP contribution is -2.38. The molecule has 0 saturated heterocycles. The van der Waals surface area contributed by atoms with Gasteiger partial charge in [-0.25, -0.2) is 13.6 Å². The van der Waals surface area contributed by atoms with Crippen molar-refractivity contribution in [2.24, 2.45) is 0 Å². The minimum Gasteiger partial charge on any atom is -0.386 e. The normalized spacial score (nSPS) is 12.0. The highest BCUT2D eigenvalue weighted by molar-refractivity contribution is 5.73. The van der Waals surface area contributed by atoms with Gasteiger partial charge in [-0.3, -0.25) is 4.68 Å². The van der Waals surface area contributed by atoms with Gasteiger partial charge in [-0.15, -0.1) is 0 Å². The maximum Gasteiger partial charge on any atom is 0.314 e. The Morgan fingerprint density at radius 1 is 1.35 bits per heavy atom. The second-order valence-electron chi connectivity index (χ2n) is 4.94. The third kappa shape index (κ3) is 5.33. The summed E-state index contributed by atoms with van der Waals surface area (Å²) in [5.74, 6) is -1.57. The molecule has 0 aliphatic rings. The van der Waals surface area contributed by atoms with E-state index in [1.54, 1.807) is 10.9 Å². The molecule has 0 aliphatic heterocycles. The number of nitrogens with zero attached hydrogens (tertiary/aromatic N) is 2. The van der Waals surface area contributed by atoms with Crippen LogP contribution in [0.15, 0.2) is 36.7 Å². The first-order valence-corrected chi connectivity index (χ1v) is 7.18. The van der Waals surface area contributed by atoms with E-state index in [0.717, 1.165) is 12.1 Å². The largest absolute Gasteiger partial charge is 0.386 e. The maximum absolute atomic E-state index is 13.5. The Morgan fingerprint density at radius 2 is 2.17 bits per heavy atom. The van der Waals surface area contributed by atoms with Gasteiger partial charge in [-0.05, 0) is 18.6 Å². The van der Waals surface area contributed by atoms with E-state index in [1.165, 1.54) is 0 Å². The van der Waals surface area contributed by atoms with Crippen LogP contribution in [0.25, 0.3) is 0 Å². The molecule has 0 aliphatic carbocycles. The predicted octanol–water partition coefficient (Wildman–Crippen LogP) is 1.58. The summed E-state index contributed by atoms with van der Waals surface area (Å²) >= 11 is 0. The van der Waals surface area contributed by atoms with E-state index in [4.69, 9.17) is 0 Å². The first kappa shape index (κ1) is 16.9. The highest BCUT2D eigenvalue weighted by atomic mass is 19.1. The predicted molar refractivity (Wildman–Crippen MR) is 79.6 cm³/mol. The molecular formula is C15H18F2N4O2. The van der Waals surface area contributed by atoms with Crippen molar-refractivity contribution in [3.63, 3.8) is 0 Å². The molecule has 8 heteroatoms. The molecule has 124 valence electrons. The van der Waals surface area contributed by atoms with E-state index in [1.807, 2.05) is 12.3 Å². The molecule has 2 amide bonds. The number of hydrogen-bond donors (Lipinski definition) is 3. The number of halogens is 2. The number of carbonyl (C=O) groups excluding carboxylic acids is 1. The van der Waals surface area contributed by atoms with E-state index in [0.29, 0.717) is 25.6 Å². The highest BCUT2D eigenvalue weighted by Gasteiger charge is 2.14. The Labute approximate surface area is 132 Å². The van der Waals surface area contributed by atoms with Crippen molar-refractivity contribution in [1.29, 1.82) is 0 Å². The van der Waals surface area contributed by atoms with Crippen LogP contribution in [0.4, 0.5) is 13.6 Å². The number of hydrogen-bond acceptors (Lipinski definition) is 3. The number of urea groups is 1. The van der Waals surface area contributed by atoms with Crippen molar-refractivity contribution in [2.45, 2.75) is 19.1 Å². The van der Waals surface area contributed by atoms with E-state index in [2.05, 4.69) is 15.7 Å². The van der Waals surface area contributed by atoms with Crippen LogP contribution in [0.2, 0.25) is 0 Å². The van der Waals surface area contributed by atoms with Gasteiger partial charge in [-0.1, -0.05) is 6.07 Å². The summed E-state index contributed by atoms with van der Waals surface area (Å²) in [5, 5.41) is 18.9. The van der Waals surface area contributed by atoms with Gasteiger partial charge in [0.05, 0.1) is 6.10 Å². The van der Waals surface area contributed by atoms with E-state index < -0.39 is 23.8 Å². The Morgan fingerprint density at radius 3 is 2.87 bits per heavy atom. The molecule has 0 unspecified atom stereocenters. The quantitative estimate of drug-likeness (QED) is 0.677. The van der Waals surface area contributed by atoms with Crippen LogP contribution in [-0.4, -0.2) is 34.0 Å². The molecule has 23 heavy (non-hydrogen) atoms. The van der Waals surface area contributed by atoms with Crippen molar-refractivity contribution in [2.75, 3.05) is 13.1 Å². The minimum atomic E-state index is -1.24. The summed E-state index contributed by atoms with van der Waals surface area (Å²) in [6, 6.07) is 4.24. The zero-order valence-electron chi connectivity index (χ0n) is 12.4. The Bertz CT molecular complexity index is 634. The third-order valence-corrected chi connectivity index (χ3v) is 3.19. The topological polar surface area (TPSA) is 79.2 Å². The first-order valence-electron chi connectivity index (χ1n) is 7.18. The van der Waals surface area contributed by atoms with Crippen molar-refractivity contribution in [1.82, 2.24) is 20.4 Å². The fourth-order valence-electron chi connectivity index (χ4n) is 2.01. The summed E-state index contributed by atoms with van der Waals surface area (Å²) in [4.78, 5) is 11.6. The van der Waals surface area contributed by atoms with Crippen molar-refractivity contribution in [3.05, 3.63) is 53.9 Å². The van der Waals surface area contributed by atoms with Crippen LogP contribution in [0.1, 0.15) is 18.1 Å². The van der Waals surface area contributed by atoms with Gasteiger partial charge >= 0.3 is 6.03 Å². The average molecular weight is 324 g/mol. The Hall–Kier alpha value is -2.48. The molecule has 1 aromatic heterocycles. The monoisotopic (exact) mass is 324 g/mol. The molecule has 0 fully saturated rings. The van der Waals surface area contributed by atoms with Gasteiger partial charge in [0.2, 0.25) is 0 Å². The van der Waals surface area contributed by atoms with Gasteiger partial charge in [0.1, 0.15) is 11.6 Å². The van der Waals surface area contributed by atoms with Gasteiger partial charge < -0.3 is 15.7 Å². The smallest absolute Gasteiger partial charge is 0.314 e. The molecule has 1 heterocycles. The molecule has 1 atom stereocenters. The summed E-state index contributed by atoms with van der Waals surface area (Å²) in [5.41, 5.74) is -0.0645. The summed E-state index contributed by atoms with van der Waals surface area (Å²) in [7, 11) is 0. The zero-order valence-corrected chi connectivity index (χ0v) is 12.4. The molecule has 3 N–H and O–H groups in total. The van der Waals surface area contributed by atoms with Gasteiger partial charge in [-0.2, -0.15) is 5.10 Å². The van der Waals surface area contributed by atoms with Crippen LogP contribution in [-0.2, 0) is 6.54 Å².